The van der Waals surface area contributed by atoms with Gasteiger partial charge in [-0.3, -0.25) is 10.1 Å². The molecule has 0 fully saturated rings. The number of aryl methyl sites for hydroxylation is 1. The molecule has 0 atom stereocenters. The number of fused-ring (bicyclic) bond motifs is 1. The minimum atomic E-state index is -0.438. The molecule has 0 radical (unpaired) electrons. The number of aromatic amines is 1. The van der Waals surface area contributed by atoms with Crippen molar-refractivity contribution in [1.29, 1.82) is 5.26 Å². The molecular formula is C26H22N4O4. The number of nitro benzene ring substituents is 1. The molecule has 0 aliphatic heterocycles. The maximum absolute atomic E-state index is 11.0. The Labute approximate surface area is 196 Å². The van der Waals surface area contributed by atoms with Crippen molar-refractivity contribution < 1.29 is 14.4 Å². The van der Waals surface area contributed by atoms with Crippen molar-refractivity contribution in [2.75, 3.05) is 6.61 Å². The summed E-state index contributed by atoms with van der Waals surface area (Å²) in [6.45, 7) is 4.44. The third-order valence-electron chi connectivity index (χ3n) is 5.11. The van der Waals surface area contributed by atoms with Crippen LogP contribution in [0.3, 0.4) is 0 Å². The predicted molar refractivity (Wildman–Crippen MR) is 129 cm³/mol. The predicted octanol–water partition coefficient (Wildman–Crippen LogP) is 5.82. The van der Waals surface area contributed by atoms with Crippen molar-refractivity contribution in [2.24, 2.45) is 0 Å². The van der Waals surface area contributed by atoms with Gasteiger partial charge in [0.25, 0.3) is 5.69 Å². The molecule has 0 aliphatic rings. The molecule has 0 unspecified atom stereocenters. The zero-order valence-electron chi connectivity index (χ0n) is 18.7. The second-order valence-electron chi connectivity index (χ2n) is 7.63. The largest absolute Gasteiger partial charge is 0.490 e. The summed E-state index contributed by atoms with van der Waals surface area (Å²) >= 11 is 0. The summed E-state index contributed by atoms with van der Waals surface area (Å²) in [5.41, 5.74) is 4.59. The summed E-state index contributed by atoms with van der Waals surface area (Å²) in [5, 5.41) is 20.7. The van der Waals surface area contributed by atoms with E-state index >= 15 is 0 Å². The molecule has 4 aromatic rings. The number of rotatable bonds is 8. The minimum Gasteiger partial charge on any atom is -0.490 e. The van der Waals surface area contributed by atoms with E-state index in [-0.39, 0.29) is 12.3 Å². The van der Waals surface area contributed by atoms with E-state index in [1.165, 1.54) is 12.1 Å². The molecule has 1 aromatic heterocycles. The van der Waals surface area contributed by atoms with Crippen LogP contribution in [0.2, 0.25) is 0 Å². The standard InChI is InChI=1S/C26H22N4O4/c1-3-33-25-14-18(8-10-24(25)34-16-19-5-4-6-21(13-19)30(31)32)12-20(15-27)26-28-22-9-7-17(2)11-23(22)29-26/h4-14H,3,16H2,1-2H3,(H,28,29). The summed E-state index contributed by atoms with van der Waals surface area (Å²) in [4.78, 5) is 18.3. The quantitative estimate of drug-likeness (QED) is 0.204. The third-order valence-corrected chi connectivity index (χ3v) is 5.11. The first kappa shape index (κ1) is 22.6. The van der Waals surface area contributed by atoms with Crippen LogP contribution in [0.1, 0.15) is 29.4 Å². The van der Waals surface area contributed by atoms with Gasteiger partial charge in [-0.15, -0.1) is 0 Å². The zero-order chi connectivity index (χ0) is 24.1. The van der Waals surface area contributed by atoms with Gasteiger partial charge in [-0.2, -0.15) is 5.26 Å². The van der Waals surface area contributed by atoms with Gasteiger partial charge < -0.3 is 14.5 Å². The van der Waals surface area contributed by atoms with E-state index in [1.54, 1.807) is 30.3 Å². The fourth-order valence-electron chi connectivity index (χ4n) is 3.49. The number of imidazole rings is 1. The van der Waals surface area contributed by atoms with Gasteiger partial charge in [-0.05, 0) is 60.9 Å². The summed E-state index contributed by atoms with van der Waals surface area (Å²) in [5.74, 6) is 1.51. The molecule has 0 saturated carbocycles. The Morgan fingerprint density at radius 1 is 1.15 bits per heavy atom. The molecule has 4 rings (SSSR count). The smallest absolute Gasteiger partial charge is 0.269 e. The van der Waals surface area contributed by atoms with Crippen LogP contribution in [0.15, 0.2) is 60.7 Å². The van der Waals surface area contributed by atoms with E-state index in [9.17, 15) is 15.4 Å². The highest BCUT2D eigenvalue weighted by Gasteiger charge is 2.12. The molecule has 1 N–H and O–H groups in total. The molecule has 3 aromatic carbocycles. The van der Waals surface area contributed by atoms with Crippen LogP contribution < -0.4 is 9.47 Å². The highest BCUT2D eigenvalue weighted by atomic mass is 16.6. The number of H-pyrrole nitrogens is 1. The van der Waals surface area contributed by atoms with E-state index in [1.807, 2.05) is 38.1 Å². The summed E-state index contributed by atoms with van der Waals surface area (Å²) in [6.07, 6.45) is 1.73. The number of non-ortho nitro benzene ring substituents is 1. The van der Waals surface area contributed by atoms with Crippen LogP contribution in [0.5, 0.6) is 11.5 Å². The number of hydrogen-bond acceptors (Lipinski definition) is 6. The third kappa shape index (κ3) is 5.05. The summed E-state index contributed by atoms with van der Waals surface area (Å²) in [6, 6.07) is 19.7. The number of nitrogens with one attached hydrogen (secondary N) is 1. The number of nitro groups is 1. The lowest BCUT2D eigenvalue weighted by Crippen LogP contribution is -2.00. The van der Waals surface area contributed by atoms with Gasteiger partial charge in [0.1, 0.15) is 18.5 Å². The first-order chi connectivity index (χ1) is 16.5. The SMILES string of the molecule is CCOc1cc(C=C(C#N)c2nc3ccc(C)cc3[nH]2)ccc1OCc1cccc([N+](=O)[O-])c1. The van der Waals surface area contributed by atoms with Gasteiger partial charge in [-0.1, -0.05) is 24.3 Å². The van der Waals surface area contributed by atoms with Gasteiger partial charge in [0, 0.05) is 12.1 Å². The van der Waals surface area contributed by atoms with Gasteiger partial charge in [-0.25, -0.2) is 4.98 Å². The van der Waals surface area contributed by atoms with E-state index in [0.717, 1.165) is 22.2 Å². The highest BCUT2D eigenvalue weighted by Crippen LogP contribution is 2.31. The number of nitrogens with zero attached hydrogens (tertiary/aromatic N) is 3. The van der Waals surface area contributed by atoms with Crippen molar-refractivity contribution in [1.82, 2.24) is 9.97 Å². The first-order valence-electron chi connectivity index (χ1n) is 10.7. The van der Waals surface area contributed by atoms with Crippen molar-refractivity contribution in [3.8, 4) is 17.6 Å². The monoisotopic (exact) mass is 454 g/mol. The molecular weight excluding hydrogens is 432 g/mol. The summed E-state index contributed by atoms with van der Waals surface area (Å²) < 4.78 is 11.6. The lowest BCUT2D eigenvalue weighted by atomic mass is 10.1. The molecule has 8 nitrogen and oxygen atoms in total. The fourth-order valence-corrected chi connectivity index (χ4v) is 3.49. The lowest BCUT2D eigenvalue weighted by molar-refractivity contribution is -0.384. The van der Waals surface area contributed by atoms with Crippen molar-refractivity contribution in [2.45, 2.75) is 20.5 Å². The highest BCUT2D eigenvalue weighted by molar-refractivity contribution is 5.90. The number of nitriles is 1. The van der Waals surface area contributed by atoms with E-state index < -0.39 is 4.92 Å². The Morgan fingerprint density at radius 3 is 2.76 bits per heavy atom. The fraction of sp³-hybridized carbons (Fsp3) is 0.154. The van der Waals surface area contributed by atoms with Crippen LogP contribution in [-0.2, 0) is 6.61 Å². The van der Waals surface area contributed by atoms with Gasteiger partial charge in [0.05, 0.1) is 28.1 Å². The molecule has 34 heavy (non-hydrogen) atoms. The first-order valence-corrected chi connectivity index (χ1v) is 10.7. The second kappa shape index (κ2) is 9.88. The number of aromatic nitrogens is 2. The second-order valence-corrected chi connectivity index (χ2v) is 7.63. The van der Waals surface area contributed by atoms with Crippen molar-refractivity contribution >= 4 is 28.4 Å². The number of ether oxygens (including phenoxy) is 2. The van der Waals surface area contributed by atoms with Crippen LogP contribution in [0, 0.1) is 28.4 Å². The minimum absolute atomic E-state index is 0.0106. The number of hydrogen-bond donors (Lipinski definition) is 1. The molecule has 0 aliphatic carbocycles. The molecule has 0 amide bonds. The van der Waals surface area contributed by atoms with Gasteiger partial charge >= 0.3 is 0 Å². The van der Waals surface area contributed by atoms with Crippen LogP contribution in [-0.4, -0.2) is 21.5 Å². The Bertz CT molecular complexity index is 1430. The Balaban J connectivity index is 1.59. The molecule has 0 saturated heterocycles. The average Bonchev–Trinajstić information content (AvgIpc) is 3.25. The lowest BCUT2D eigenvalue weighted by Gasteiger charge is -2.13. The van der Waals surface area contributed by atoms with Crippen molar-refractivity contribution in [3.63, 3.8) is 0 Å². The van der Waals surface area contributed by atoms with E-state index in [4.69, 9.17) is 9.47 Å². The average molecular weight is 454 g/mol. The van der Waals surface area contributed by atoms with Crippen LogP contribution >= 0.6 is 0 Å². The number of allylic oxidation sites excluding steroid dienone is 1. The van der Waals surface area contributed by atoms with E-state index in [0.29, 0.717) is 35.1 Å². The van der Waals surface area contributed by atoms with Crippen molar-refractivity contribution in [3.05, 3.63) is 93.3 Å². The van der Waals surface area contributed by atoms with E-state index in [2.05, 4.69) is 16.0 Å². The van der Waals surface area contributed by atoms with Crippen LogP contribution in [0.4, 0.5) is 5.69 Å². The van der Waals surface area contributed by atoms with Crippen LogP contribution in [0.25, 0.3) is 22.7 Å². The van der Waals surface area contributed by atoms with Gasteiger partial charge in [0.2, 0.25) is 0 Å². The Hall–Kier alpha value is -4.64. The molecule has 0 bridgehead atoms. The maximum Gasteiger partial charge on any atom is 0.269 e. The maximum atomic E-state index is 11.0. The molecule has 0 spiro atoms. The topological polar surface area (TPSA) is 114 Å². The molecule has 170 valence electrons. The zero-order valence-corrected chi connectivity index (χ0v) is 18.7. The molecule has 8 heteroatoms. The number of benzene rings is 3. The Kier molecular flexibility index (Phi) is 6.55. The van der Waals surface area contributed by atoms with Gasteiger partial charge in [0.15, 0.2) is 11.5 Å². The molecule has 1 heterocycles. The Morgan fingerprint density at radius 2 is 2.00 bits per heavy atom. The normalized spacial score (nSPS) is 11.3. The summed E-state index contributed by atoms with van der Waals surface area (Å²) in [7, 11) is 0.